The number of methoxy groups -OCH3 is 1. The fraction of sp³-hybridized carbons (Fsp3) is 0.222. The molecule has 0 fully saturated rings. The minimum absolute atomic E-state index is 0.158. The van der Waals surface area contributed by atoms with Crippen molar-refractivity contribution in [2.24, 2.45) is 0 Å². The molecule has 0 aliphatic heterocycles. The molecule has 0 bridgehead atoms. The summed E-state index contributed by atoms with van der Waals surface area (Å²) in [6.07, 6.45) is 0. The number of benzene rings is 2. The van der Waals surface area contributed by atoms with Gasteiger partial charge in [0.15, 0.2) is 0 Å². The fourth-order valence-corrected chi connectivity index (χ4v) is 2.35. The normalized spacial score (nSPS) is 11.2. The molecule has 0 unspecified atom stereocenters. The van der Waals surface area contributed by atoms with Gasteiger partial charge < -0.3 is 20.7 Å². The summed E-state index contributed by atoms with van der Waals surface area (Å²) in [6.45, 7) is 3.05. The van der Waals surface area contributed by atoms with Gasteiger partial charge in [-0.15, -0.1) is 0 Å². The van der Waals surface area contributed by atoms with E-state index in [1.165, 1.54) is 32.2 Å². The van der Waals surface area contributed by atoms with Crippen LogP contribution >= 0.6 is 0 Å². The lowest BCUT2D eigenvalue weighted by molar-refractivity contribution is -0.384. The molecule has 2 aromatic rings. The van der Waals surface area contributed by atoms with Crippen molar-refractivity contribution in [3.05, 3.63) is 52.6 Å². The van der Waals surface area contributed by atoms with Crippen molar-refractivity contribution in [2.75, 3.05) is 23.1 Å². The first-order chi connectivity index (χ1) is 12.8. The fourth-order valence-electron chi connectivity index (χ4n) is 2.35. The Hall–Kier alpha value is -3.62. The number of anilines is 3. The summed E-state index contributed by atoms with van der Waals surface area (Å²) in [6, 6.07) is 10.2. The van der Waals surface area contributed by atoms with E-state index in [0.717, 1.165) is 0 Å². The molecule has 9 heteroatoms. The number of nitro benzene ring substituents is 1. The van der Waals surface area contributed by atoms with Crippen LogP contribution in [0.3, 0.4) is 0 Å². The second kappa shape index (κ2) is 8.65. The van der Waals surface area contributed by atoms with Crippen molar-refractivity contribution in [3.8, 4) is 5.75 Å². The van der Waals surface area contributed by atoms with Crippen LogP contribution in [-0.2, 0) is 9.59 Å². The smallest absolute Gasteiger partial charge is 0.271 e. The molecule has 27 heavy (non-hydrogen) atoms. The lowest BCUT2D eigenvalue weighted by atomic mass is 10.2. The molecule has 0 radical (unpaired) electrons. The molecule has 0 spiro atoms. The molecule has 0 aromatic heterocycles. The van der Waals surface area contributed by atoms with Gasteiger partial charge in [0, 0.05) is 30.4 Å². The number of nitrogens with one attached hydrogen (secondary N) is 3. The zero-order chi connectivity index (χ0) is 20.0. The SMILES string of the molecule is COc1ccc([N+](=O)[O-])cc1NC(=O)[C@@H](C)Nc1cccc(NC(C)=O)c1. The average molecular weight is 372 g/mol. The van der Waals surface area contributed by atoms with E-state index in [-0.39, 0.29) is 17.3 Å². The number of hydrogen-bond acceptors (Lipinski definition) is 6. The Bertz CT molecular complexity index is 869. The molecule has 9 nitrogen and oxygen atoms in total. The van der Waals surface area contributed by atoms with Crippen LogP contribution in [0.4, 0.5) is 22.7 Å². The van der Waals surface area contributed by atoms with E-state index in [1.807, 2.05) is 0 Å². The number of carbonyl (C=O) groups excluding carboxylic acids is 2. The summed E-state index contributed by atoms with van der Waals surface area (Å²) in [5.74, 6) is -0.289. The van der Waals surface area contributed by atoms with Gasteiger partial charge in [-0.2, -0.15) is 0 Å². The van der Waals surface area contributed by atoms with Gasteiger partial charge in [-0.3, -0.25) is 19.7 Å². The summed E-state index contributed by atoms with van der Waals surface area (Å²) in [5, 5.41) is 19.2. The highest BCUT2D eigenvalue weighted by Crippen LogP contribution is 2.29. The second-order valence-electron chi connectivity index (χ2n) is 5.76. The summed E-state index contributed by atoms with van der Waals surface area (Å²) in [5.41, 5.74) is 1.28. The van der Waals surface area contributed by atoms with Gasteiger partial charge in [0.2, 0.25) is 11.8 Å². The van der Waals surface area contributed by atoms with Crippen LogP contribution in [0.1, 0.15) is 13.8 Å². The molecular weight excluding hydrogens is 352 g/mol. The van der Waals surface area contributed by atoms with E-state index < -0.39 is 16.9 Å². The topological polar surface area (TPSA) is 123 Å². The van der Waals surface area contributed by atoms with Crippen molar-refractivity contribution in [3.63, 3.8) is 0 Å². The number of nitro groups is 1. The van der Waals surface area contributed by atoms with Crippen LogP contribution in [0.5, 0.6) is 5.75 Å². The van der Waals surface area contributed by atoms with E-state index in [1.54, 1.807) is 31.2 Å². The molecule has 1 atom stereocenters. The second-order valence-corrected chi connectivity index (χ2v) is 5.76. The Kier molecular flexibility index (Phi) is 6.32. The first-order valence-electron chi connectivity index (χ1n) is 8.07. The van der Waals surface area contributed by atoms with Crippen molar-refractivity contribution < 1.29 is 19.2 Å². The molecule has 0 aliphatic carbocycles. The quantitative estimate of drug-likeness (QED) is 0.507. The molecule has 0 heterocycles. The molecule has 2 amide bonds. The Morgan fingerprint density at radius 2 is 1.81 bits per heavy atom. The van der Waals surface area contributed by atoms with Gasteiger partial charge in [-0.25, -0.2) is 0 Å². The van der Waals surface area contributed by atoms with Gasteiger partial charge in [-0.1, -0.05) is 6.07 Å². The van der Waals surface area contributed by atoms with Gasteiger partial charge in [0.05, 0.1) is 17.7 Å². The summed E-state index contributed by atoms with van der Waals surface area (Å²) in [4.78, 5) is 34.0. The van der Waals surface area contributed by atoms with Crippen molar-refractivity contribution in [1.82, 2.24) is 0 Å². The van der Waals surface area contributed by atoms with E-state index in [2.05, 4.69) is 16.0 Å². The number of amides is 2. The molecule has 142 valence electrons. The maximum absolute atomic E-state index is 12.5. The number of hydrogen-bond donors (Lipinski definition) is 3. The van der Waals surface area contributed by atoms with Crippen LogP contribution in [0.2, 0.25) is 0 Å². The highest BCUT2D eigenvalue weighted by atomic mass is 16.6. The molecule has 0 saturated heterocycles. The largest absolute Gasteiger partial charge is 0.495 e. The monoisotopic (exact) mass is 372 g/mol. The molecule has 2 aromatic carbocycles. The van der Waals surface area contributed by atoms with Crippen LogP contribution in [0.15, 0.2) is 42.5 Å². The van der Waals surface area contributed by atoms with Crippen molar-refractivity contribution in [1.29, 1.82) is 0 Å². The molecule has 0 aliphatic rings. The van der Waals surface area contributed by atoms with E-state index in [9.17, 15) is 19.7 Å². The first kappa shape index (κ1) is 19.7. The van der Waals surface area contributed by atoms with E-state index in [0.29, 0.717) is 17.1 Å². The molecular formula is C18H20N4O5. The minimum Gasteiger partial charge on any atom is -0.495 e. The third-order valence-corrected chi connectivity index (χ3v) is 3.61. The lowest BCUT2D eigenvalue weighted by Crippen LogP contribution is -2.32. The first-order valence-corrected chi connectivity index (χ1v) is 8.07. The standard InChI is InChI=1S/C18H20N4O5/c1-11(19-13-5-4-6-14(9-13)20-12(2)23)18(24)21-16-10-15(22(25)26)7-8-17(16)27-3/h4-11,19H,1-3H3,(H,20,23)(H,21,24)/t11-/m1/s1. The average Bonchev–Trinajstić information content (AvgIpc) is 2.61. The number of non-ortho nitro benzene ring substituents is 1. The predicted molar refractivity (Wildman–Crippen MR) is 102 cm³/mol. The number of rotatable bonds is 7. The summed E-state index contributed by atoms with van der Waals surface area (Å²) < 4.78 is 5.13. The van der Waals surface area contributed by atoms with Crippen LogP contribution in [0, 0.1) is 10.1 Å². The minimum atomic E-state index is -0.651. The molecule has 0 saturated carbocycles. The summed E-state index contributed by atoms with van der Waals surface area (Å²) >= 11 is 0. The van der Waals surface area contributed by atoms with E-state index >= 15 is 0 Å². The van der Waals surface area contributed by atoms with Crippen LogP contribution in [0.25, 0.3) is 0 Å². The van der Waals surface area contributed by atoms with Gasteiger partial charge >= 0.3 is 0 Å². The third-order valence-electron chi connectivity index (χ3n) is 3.61. The zero-order valence-corrected chi connectivity index (χ0v) is 15.1. The number of nitrogens with zero attached hydrogens (tertiary/aromatic N) is 1. The van der Waals surface area contributed by atoms with Crippen LogP contribution < -0.4 is 20.7 Å². The Labute approximate surface area is 155 Å². The highest BCUT2D eigenvalue weighted by Gasteiger charge is 2.18. The molecule has 3 N–H and O–H groups in total. The van der Waals surface area contributed by atoms with Crippen molar-refractivity contribution in [2.45, 2.75) is 19.9 Å². The van der Waals surface area contributed by atoms with Crippen LogP contribution in [-0.4, -0.2) is 29.9 Å². The maximum Gasteiger partial charge on any atom is 0.271 e. The molecule has 2 rings (SSSR count). The Morgan fingerprint density at radius 1 is 1.11 bits per heavy atom. The highest BCUT2D eigenvalue weighted by molar-refractivity contribution is 5.98. The number of ether oxygens (including phenoxy) is 1. The van der Waals surface area contributed by atoms with E-state index in [4.69, 9.17) is 4.74 Å². The van der Waals surface area contributed by atoms with Gasteiger partial charge in [-0.05, 0) is 31.2 Å². The van der Waals surface area contributed by atoms with Crippen molar-refractivity contribution >= 4 is 34.6 Å². The Morgan fingerprint density at radius 3 is 2.44 bits per heavy atom. The maximum atomic E-state index is 12.5. The van der Waals surface area contributed by atoms with Gasteiger partial charge in [0.1, 0.15) is 11.8 Å². The van der Waals surface area contributed by atoms with Gasteiger partial charge in [0.25, 0.3) is 5.69 Å². The number of carbonyl (C=O) groups is 2. The Balaban J connectivity index is 2.11. The lowest BCUT2D eigenvalue weighted by Gasteiger charge is -2.17. The zero-order valence-electron chi connectivity index (χ0n) is 15.1. The summed E-state index contributed by atoms with van der Waals surface area (Å²) in [7, 11) is 1.41. The predicted octanol–water partition coefficient (Wildman–Crippen LogP) is 3.00. The third kappa shape index (κ3) is 5.43.